The van der Waals surface area contributed by atoms with Crippen LogP contribution < -0.4 is 0 Å². The van der Waals surface area contributed by atoms with Crippen LogP contribution >= 0.6 is 0 Å². The Labute approximate surface area is 77.5 Å². The van der Waals surface area contributed by atoms with Crippen molar-refractivity contribution in [3.05, 3.63) is 11.8 Å². The molecule has 0 aliphatic carbocycles. The molecule has 0 amide bonds. The van der Waals surface area contributed by atoms with Gasteiger partial charge in [0.2, 0.25) is 0 Å². The van der Waals surface area contributed by atoms with Crippen LogP contribution in [0, 0.1) is 0 Å². The number of carbonyl (C=O) groups excluding carboxylic acids is 1. The van der Waals surface area contributed by atoms with Crippen LogP contribution in [0.5, 0.6) is 0 Å². The highest BCUT2D eigenvalue weighted by molar-refractivity contribution is 5.90. The molecule has 1 atom stereocenters. The fourth-order valence-electron chi connectivity index (χ4n) is 0.916. The predicted molar refractivity (Wildman–Crippen MR) is 39.4 cm³/mol. The molecule has 1 heterocycles. The number of halogens is 3. The molecule has 0 bridgehead atoms. The molecule has 0 saturated carbocycles. The Bertz CT molecular complexity index is 296. The van der Waals surface area contributed by atoms with Gasteiger partial charge < -0.3 is 4.74 Å². The van der Waals surface area contributed by atoms with Crippen molar-refractivity contribution in [3.8, 4) is 0 Å². The van der Waals surface area contributed by atoms with Gasteiger partial charge in [0.05, 0.1) is 18.4 Å². The molecule has 14 heavy (non-hydrogen) atoms. The Kier molecular flexibility index (Phi) is 2.87. The number of hydrogen-bond donors (Lipinski definition) is 0. The van der Waals surface area contributed by atoms with Crippen molar-refractivity contribution in [1.82, 2.24) is 0 Å². The van der Waals surface area contributed by atoms with Gasteiger partial charge in [0.15, 0.2) is 6.04 Å². The zero-order valence-corrected chi connectivity index (χ0v) is 7.21. The lowest BCUT2D eigenvalue weighted by atomic mass is 10.1. The molecule has 1 aliphatic rings. The predicted octanol–water partition coefficient (Wildman–Crippen LogP) is 1.83. The van der Waals surface area contributed by atoms with Gasteiger partial charge in [-0.15, -0.1) is 0 Å². The molecule has 0 saturated heterocycles. The minimum Gasteiger partial charge on any atom is -0.463 e. The van der Waals surface area contributed by atoms with Gasteiger partial charge in [-0.2, -0.15) is 23.4 Å². The SMILES string of the molecule is CCOC(=O)C1=CN=N[C@H]1C(F)(F)F. The van der Waals surface area contributed by atoms with Gasteiger partial charge in [-0.3, -0.25) is 0 Å². The summed E-state index contributed by atoms with van der Waals surface area (Å²) in [6.45, 7) is 1.52. The van der Waals surface area contributed by atoms with E-state index in [4.69, 9.17) is 0 Å². The van der Waals surface area contributed by atoms with Crippen LogP contribution in [-0.4, -0.2) is 24.8 Å². The zero-order valence-electron chi connectivity index (χ0n) is 7.21. The third-order valence-electron chi connectivity index (χ3n) is 1.49. The van der Waals surface area contributed by atoms with Crippen LogP contribution in [0.15, 0.2) is 22.0 Å². The maximum absolute atomic E-state index is 12.2. The fraction of sp³-hybridized carbons (Fsp3) is 0.571. The Morgan fingerprint density at radius 1 is 1.64 bits per heavy atom. The molecule has 1 rings (SSSR count). The number of rotatable bonds is 2. The number of azo groups is 1. The molecule has 78 valence electrons. The second-order valence-corrected chi connectivity index (χ2v) is 2.48. The molecule has 0 aromatic rings. The average molecular weight is 208 g/mol. The van der Waals surface area contributed by atoms with E-state index in [1.165, 1.54) is 6.92 Å². The van der Waals surface area contributed by atoms with Gasteiger partial charge in [0.1, 0.15) is 0 Å². The van der Waals surface area contributed by atoms with Crippen LogP contribution in [-0.2, 0) is 9.53 Å². The van der Waals surface area contributed by atoms with Crippen molar-refractivity contribution in [2.24, 2.45) is 10.2 Å². The topological polar surface area (TPSA) is 51.0 Å². The second kappa shape index (κ2) is 3.77. The van der Waals surface area contributed by atoms with Crippen molar-refractivity contribution < 1.29 is 22.7 Å². The highest BCUT2D eigenvalue weighted by atomic mass is 19.4. The fourth-order valence-corrected chi connectivity index (χ4v) is 0.916. The van der Waals surface area contributed by atoms with E-state index in [0.29, 0.717) is 0 Å². The lowest BCUT2D eigenvalue weighted by Gasteiger charge is -2.13. The highest BCUT2D eigenvalue weighted by Gasteiger charge is 2.47. The number of esters is 1. The molecule has 0 aromatic heterocycles. The first kappa shape index (κ1) is 10.7. The van der Waals surface area contributed by atoms with E-state index < -0.39 is 23.8 Å². The lowest BCUT2D eigenvalue weighted by molar-refractivity contribution is -0.152. The largest absolute Gasteiger partial charge is 0.463 e. The molecule has 0 aromatic carbocycles. The van der Waals surface area contributed by atoms with Crippen LogP contribution in [0.4, 0.5) is 13.2 Å². The van der Waals surface area contributed by atoms with Crippen LogP contribution in [0.3, 0.4) is 0 Å². The number of carbonyl (C=O) groups is 1. The molecule has 1 aliphatic heterocycles. The Morgan fingerprint density at radius 3 is 2.79 bits per heavy atom. The van der Waals surface area contributed by atoms with Crippen LogP contribution in [0.2, 0.25) is 0 Å². The van der Waals surface area contributed by atoms with Crippen LogP contribution in [0.25, 0.3) is 0 Å². The zero-order chi connectivity index (χ0) is 10.8. The number of nitrogens with zero attached hydrogens (tertiary/aromatic N) is 2. The summed E-state index contributed by atoms with van der Waals surface area (Å²) in [5, 5.41) is 5.96. The van der Waals surface area contributed by atoms with Crippen molar-refractivity contribution in [2.45, 2.75) is 19.1 Å². The summed E-state index contributed by atoms with van der Waals surface area (Å²) in [7, 11) is 0. The molecule has 0 radical (unpaired) electrons. The summed E-state index contributed by atoms with van der Waals surface area (Å²) in [5.74, 6) is -1.03. The summed E-state index contributed by atoms with van der Waals surface area (Å²) < 4.78 is 41.1. The van der Waals surface area contributed by atoms with Gasteiger partial charge in [-0.1, -0.05) is 0 Å². The first-order valence-electron chi connectivity index (χ1n) is 3.80. The summed E-state index contributed by atoms with van der Waals surface area (Å²) >= 11 is 0. The van der Waals surface area contributed by atoms with E-state index in [-0.39, 0.29) is 6.61 Å². The number of alkyl halides is 3. The third kappa shape index (κ3) is 2.09. The molecule has 7 heteroatoms. The Balaban J connectivity index is 2.77. The standard InChI is InChI=1S/C7H7F3N2O2/c1-2-14-6(13)4-3-11-12-5(4)7(8,9)10/h3,5H,2H2,1H3/t5-/m1/s1. The minimum atomic E-state index is -4.60. The van der Waals surface area contributed by atoms with Gasteiger partial charge in [-0.25, -0.2) is 4.79 Å². The van der Waals surface area contributed by atoms with Crippen LogP contribution in [0.1, 0.15) is 6.92 Å². The van der Waals surface area contributed by atoms with E-state index in [1.807, 2.05) is 0 Å². The summed E-state index contributed by atoms with van der Waals surface area (Å²) in [6, 6.07) is -2.18. The first-order valence-corrected chi connectivity index (χ1v) is 3.80. The van der Waals surface area contributed by atoms with E-state index in [9.17, 15) is 18.0 Å². The minimum absolute atomic E-state index is 0.0146. The van der Waals surface area contributed by atoms with Gasteiger partial charge in [0, 0.05) is 0 Å². The van der Waals surface area contributed by atoms with E-state index in [2.05, 4.69) is 15.0 Å². The summed E-state index contributed by atoms with van der Waals surface area (Å²) in [4.78, 5) is 11.0. The van der Waals surface area contributed by atoms with Crippen molar-refractivity contribution in [2.75, 3.05) is 6.61 Å². The van der Waals surface area contributed by atoms with E-state index in [0.717, 1.165) is 6.20 Å². The summed E-state index contributed by atoms with van der Waals surface area (Å²) in [6.07, 6.45) is -3.82. The third-order valence-corrected chi connectivity index (χ3v) is 1.49. The molecule has 0 unspecified atom stereocenters. The van der Waals surface area contributed by atoms with E-state index >= 15 is 0 Å². The maximum Gasteiger partial charge on any atom is 0.417 e. The van der Waals surface area contributed by atoms with Crippen molar-refractivity contribution >= 4 is 5.97 Å². The van der Waals surface area contributed by atoms with Gasteiger partial charge in [-0.05, 0) is 6.92 Å². The van der Waals surface area contributed by atoms with E-state index in [1.54, 1.807) is 0 Å². The smallest absolute Gasteiger partial charge is 0.417 e. The normalized spacial score (nSPS) is 20.9. The molecule has 0 spiro atoms. The molecular weight excluding hydrogens is 201 g/mol. The second-order valence-electron chi connectivity index (χ2n) is 2.48. The van der Waals surface area contributed by atoms with Gasteiger partial charge in [0.25, 0.3) is 0 Å². The van der Waals surface area contributed by atoms with Gasteiger partial charge >= 0.3 is 12.1 Å². The average Bonchev–Trinajstić information content (AvgIpc) is 2.50. The highest BCUT2D eigenvalue weighted by Crippen LogP contribution is 2.32. The molecule has 0 fully saturated rings. The van der Waals surface area contributed by atoms with Crippen molar-refractivity contribution in [3.63, 3.8) is 0 Å². The number of hydrogen-bond acceptors (Lipinski definition) is 4. The molecule has 0 N–H and O–H groups in total. The number of ether oxygens (including phenoxy) is 1. The lowest BCUT2D eigenvalue weighted by Crippen LogP contribution is -2.31. The Hall–Kier alpha value is -1.40. The quantitative estimate of drug-likeness (QED) is 0.650. The Morgan fingerprint density at radius 2 is 2.29 bits per heavy atom. The molecular formula is C7H7F3N2O2. The molecule has 4 nitrogen and oxygen atoms in total. The maximum atomic E-state index is 12.2. The van der Waals surface area contributed by atoms with Crippen molar-refractivity contribution in [1.29, 1.82) is 0 Å². The monoisotopic (exact) mass is 208 g/mol. The first-order chi connectivity index (χ1) is 6.46. The summed E-state index contributed by atoms with van der Waals surface area (Å²) in [5.41, 5.74) is -0.570.